The Morgan fingerprint density at radius 3 is 2.75 bits per heavy atom. The molecule has 1 aliphatic carbocycles. The van der Waals surface area contributed by atoms with Crippen LogP contribution in [-0.2, 0) is 0 Å². The Kier molecular flexibility index (Phi) is 4.02. The molecule has 1 aromatic carbocycles. The van der Waals surface area contributed by atoms with Crippen LogP contribution >= 0.6 is 0 Å². The second-order valence-electron chi connectivity index (χ2n) is 6.10. The summed E-state index contributed by atoms with van der Waals surface area (Å²) in [5, 5.41) is 4.84. The zero-order chi connectivity index (χ0) is 13.9. The summed E-state index contributed by atoms with van der Waals surface area (Å²) in [5.41, 5.74) is 3.65. The van der Waals surface area contributed by atoms with E-state index in [2.05, 4.69) is 54.6 Å². The first-order valence-electron chi connectivity index (χ1n) is 7.81. The molecule has 2 nitrogen and oxygen atoms in total. The van der Waals surface area contributed by atoms with Crippen molar-refractivity contribution in [1.29, 1.82) is 0 Å². The summed E-state index contributed by atoms with van der Waals surface area (Å²) in [4.78, 5) is 4.66. The van der Waals surface area contributed by atoms with Crippen LogP contribution in [0.2, 0.25) is 0 Å². The molecule has 2 aromatic rings. The van der Waals surface area contributed by atoms with E-state index in [1.54, 1.807) is 0 Å². The van der Waals surface area contributed by atoms with Crippen molar-refractivity contribution < 1.29 is 0 Å². The van der Waals surface area contributed by atoms with Gasteiger partial charge in [0.25, 0.3) is 0 Å². The van der Waals surface area contributed by atoms with E-state index in [0.29, 0.717) is 6.04 Å². The number of pyridine rings is 1. The van der Waals surface area contributed by atoms with E-state index in [1.807, 2.05) is 0 Å². The van der Waals surface area contributed by atoms with Crippen molar-refractivity contribution in [1.82, 2.24) is 10.3 Å². The van der Waals surface area contributed by atoms with Gasteiger partial charge >= 0.3 is 0 Å². The molecular formula is C18H24N2. The standard InChI is InChI=1S/C18H24N2/c1-13-11-16(15-9-5-6-10-17(15)20-13)18(19-2)12-14-7-3-4-8-14/h5-6,9-11,14,18-19H,3-4,7-8,12H2,1-2H3. The molecule has 106 valence electrons. The van der Waals surface area contributed by atoms with E-state index in [-0.39, 0.29) is 0 Å². The number of nitrogens with one attached hydrogen (secondary N) is 1. The van der Waals surface area contributed by atoms with Gasteiger partial charge in [0.15, 0.2) is 0 Å². The Balaban J connectivity index is 1.97. The quantitative estimate of drug-likeness (QED) is 0.890. The van der Waals surface area contributed by atoms with Crippen LogP contribution in [-0.4, -0.2) is 12.0 Å². The lowest BCUT2D eigenvalue weighted by Gasteiger charge is -2.22. The smallest absolute Gasteiger partial charge is 0.0708 e. The van der Waals surface area contributed by atoms with Crippen LogP contribution in [0, 0.1) is 12.8 Å². The van der Waals surface area contributed by atoms with Crippen LogP contribution < -0.4 is 5.32 Å². The number of rotatable bonds is 4. The number of benzene rings is 1. The zero-order valence-electron chi connectivity index (χ0n) is 12.5. The zero-order valence-corrected chi connectivity index (χ0v) is 12.5. The highest BCUT2D eigenvalue weighted by Gasteiger charge is 2.21. The van der Waals surface area contributed by atoms with Crippen LogP contribution in [0.5, 0.6) is 0 Å². The van der Waals surface area contributed by atoms with Gasteiger partial charge in [0.2, 0.25) is 0 Å². The number of hydrogen-bond donors (Lipinski definition) is 1. The van der Waals surface area contributed by atoms with Crippen molar-refractivity contribution in [3.05, 3.63) is 41.6 Å². The van der Waals surface area contributed by atoms with E-state index in [9.17, 15) is 0 Å². The fraction of sp³-hybridized carbons (Fsp3) is 0.500. The first-order chi connectivity index (χ1) is 9.78. The van der Waals surface area contributed by atoms with Gasteiger partial charge in [-0.3, -0.25) is 4.98 Å². The molecule has 0 spiro atoms. The van der Waals surface area contributed by atoms with E-state index in [4.69, 9.17) is 0 Å². The third-order valence-corrected chi connectivity index (χ3v) is 4.64. The topological polar surface area (TPSA) is 24.9 Å². The highest BCUT2D eigenvalue weighted by atomic mass is 14.9. The van der Waals surface area contributed by atoms with Crippen LogP contribution in [0.25, 0.3) is 10.9 Å². The first kappa shape index (κ1) is 13.6. The summed E-state index contributed by atoms with van der Waals surface area (Å²) in [6, 6.07) is 11.2. The summed E-state index contributed by atoms with van der Waals surface area (Å²) < 4.78 is 0. The average Bonchev–Trinajstić information content (AvgIpc) is 2.97. The van der Waals surface area contributed by atoms with Gasteiger partial charge in [-0.1, -0.05) is 43.9 Å². The largest absolute Gasteiger partial charge is 0.313 e. The summed E-state index contributed by atoms with van der Waals surface area (Å²) in [6.45, 7) is 2.10. The van der Waals surface area contributed by atoms with Crippen LogP contribution in [0.3, 0.4) is 0 Å². The lowest BCUT2D eigenvalue weighted by Crippen LogP contribution is -2.19. The van der Waals surface area contributed by atoms with Crippen molar-refractivity contribution in [2.45, 2.75) is 45.1 Å². The highest BCUT2D eigenvalue weighted by molar-refractivity contribution is 5.82. The molecule has 0 bridgehead atoms. The van der Waals surface area contributed by atoms with Crippen LogP contribution in [0.1, 0.15) is 49.4 Å². The Morgan fingerprint density at radius 1 is 1.25 bits per heavy atom. The monoisotopic (exact) mass is 268 g/mol. The van der Waals surface area contributed by atoms with Gasteiger partial charge in [0, 0.05) is 17.1 Å². The molecule has 0 aliphatic heterocycles. The predicted molar refractivity (Wildman–Crippen MR) is 84.9 cm³/mol. The summed E-state index contributed by atoms with van der Waals surface area (Å²) in [6.07, 6.45) is 6.89. The molecule has 3 rings (SSSR count). The molecule has 1 N–H and O–H groups in total. The van der Waals surface area contributed by atoms with Gasteiger partial charge in [0.05, 0.1) is 5.52 Å². The number of fused-ring (bicyclic) bond motifs is 1. The van der Waals surface area contributed by atoms with Crippen LogP contribution in [0.4, 0.5) is 0 Å². The van der Waals surface area contributed by atoms with E-state index < -0.39 is 0 Å². The molecule has 1 aliphatic rings. The number of aryl methyl sites for hydroxylation is 1. The second-order valence-corrected chi connectivity index (χ2v) is 6.10. The minimum absolute atomic E-state index is 0.449. The molecule has 2 heteroatoms. The maximum atomic E-state index is 4.66. The first-order valence-corrected chi connectivity index (χ1v) is 7.81. The molecule has 1 fully saturated rings. The Bertz CT molecular complexity index is 585. The van der Waals surface area contributed by atoms with Gasteiger partial charge in [-0.2, -0.15) is 0 Å². The molecule has 1 aromatic heterocycles. The Hall–Kier alpha value is -1.41. The lowest BCUT2D eigenvalue weighted by molar-refractivity contribution is 0.415. The third kappa shape index (κ3) is 2.71. The van der Waals surface area contributed by atoms with Gasteiger partial charge in [-0.05, 0) is 44.0 Å². The number of para-hydroxylation sites is 1. The second kappa shape index (κ2) is 5.92. The SMILES string of the molecule is CNC(CC1CCCC1)c1cc(C)nc2ccccc12. The molecule has 1 unspecified atom stereocenters. The summed E-state index contributed by atoms with van der Waals surface area (Å²) in [5.74, 6) is 0.889. The summed E-state index contributed by atoms with van der Waals surface area (Å²) >= 11 is 0. The van der Waals surface area contributed by atoms with Crippen LogP contribution in [0.15, 0.2) is 30.3 Å². The normalized spacial score (nSPS) is 17.7. The van der Waals surface area contributed by atoms with Crippen molar-refractivity contribution in [2.24, 2.45) is 5.92 Å². The van der Waals surface area contributed by atoms with Crippen molar-refractivity contribution in [2.75, 3.05) is 7.05 Å². The maximum Gasteiger partial charge on any atom is 0.0708 e. The third-order valence-electron chi connectivity index (χ3n) is 4.64. The highest BCUT2D eigenvalue weighted by Crippen LogP contribution is 2.35. The molecule has 0 radical (unpaired) electrons. The van der Waals surface area contributed by atoms with Gasteiger partial charge in [-0.25, -0.2) is 0 Å². The lowest BCUT2D eigenvalue weighted by atomic mass is 9.91. The number of hydrogen-bond acceptors (Lipinski definition) is 2. The number of nitrogens with zero attached hydrogens (tertiary/aromatic N) is 1. The van der Waals surface area contributed by atoms with Gasteiger partial charge in [0.1, 0.15) is 0 Å². The molecule has 0 saturated heterocycles. The van der Waals surface area contributed by atoms with E-state index >= 15 is 0 Å². The van der Waals surface area contributed by atoms with Gasteiger partial charge in [-0.15, -0.1) is 0 Å². The van der Waals surface area contributed by atoms with Gasteiger partial charge < -0.3 is 5.32 Å². The summed E-state index contributed by atoms with van der Waals surface area (Å²) in [7, 11) is 2.09. The molecule has 1 saturated carbocycles. The van der Waals surface area contributed by atoms with E-state index in [1.165, 1.54) is 43.1 Å². The van der Waals surface area contributed by atoms with Crippen molar-refractivity contribution in [3.63, 3.8) is 0 Å². The van der Waals surface area contributed by atoms with Crippen molar-refractivity contribution in [3.8, 4) is 0 Å². The fourth-order valence-corrected chi connectivity index (χ4v) is 3.61. The molecule has 20 heavy (non-hydrogen) atoms. The maximum absolute atomic E-state index is 4.66. The predicted octanol–water partition coefficient (Wildman–Crippen LogP) is 4.38. The molecule has 0 amide bonds. The minimum atomic E-state index is 0.449. The minimum Gasteiger partial charge on any atom is -0.313 e. The Morgan fingerprint density at radius 2 is 2.00 bits per heavy atom. The van der Waals surface area contributed by atoms with E-state index in [0.717, 1.165) is 17.1 Å². The number of aromatic nitrogens is 1. The molecular weight excluding hydrogens is 244 g/mol. The average molecular weight is 268 g/mol. The Labute approximate surface area is 121 Å². The fourth-order valence-electron chi connectivity index (χ4n) is 3.61. The molecule has 1 atom stereocenters. The molecule has 1 heterocycles. The van der Waals surface area contributed by atoms with Crippen molar-refractivity contribution >= 4 is 10.9 Å².